The standard InChI is InChI=1S/C19H16BrF3N2O3/c20-17(12-6-8-25(9-7-12)18(26)27)13-2-1-3-15(10-13)28-16-5-4-14(11-24-16)19(21,22)23/h1-5,10-11H,6-9H2,(H,26,27)/p-1. The number of carboxylic acid groups (broad SMARTS) is 1. The van der Waals surface area contributed by atoms with E-state index in [-0.39, 0.29) is 5.88 Å². The highest BCUT2D eigenvalue weighted by Gasteiger charge is 2.30. The van der Waals surface area contributed by atoms with Crippen LogP contribution in [0.15, 0.2) is 48.2 Å². The summed E-state index contributed by atoms with van der Waals surface area (Å²) in [5.41, 5.74) is 1.05. The Balaban J connectivity index is 1.74. The molecule has 3 rings (SSSR count). The Morgan fingerprint density at radius 2 is 1.89 bits per heavy atom. The molecule has 28 heavy (non-hydrogen) atoms. The van der Waals surface area contributed by atoms with Crippen LogP contribution in [0.25, 0.3) is 4.48 Å². The second-order valence-corrected chi connectivity index (χ2v) is 6.98. The summed E-state index contributed by atoms with van der Waals surface area (Å²) >= 11 is 3.56. The van der Waals surface area contributed by atoms with Crippen molar-refractivity contribution in [1.82, 2.24) is 9.88 Å². The Hall–Kier alpha value is -2.55. The number of rotatable bonds is 3. The number of likely N-dealkylation sites (tertiary alicyclic amines) is 1. The van der Waals surface area contributed by atoms with E-state index >= 15 is 0 Å². The zero-order valence-corrected chi connectivity index (χ0v) is 16.1. The zero-order valence-electron chi connectivity index (χ0n) is 14.5. The third-order valence-electron chi connectivity index (χ3n) is 4.31. The number of piperidine rings is 1. The first-order chi connectivity index (χ1) is 13.2. The number of halogens is 4. The van der Waals surface area contributed by atoms with Gasteiger partial charge in [-0.05, 0) is 36.6 Å². The molecule has 0 N–H and O–H groups in total. The summed E-state index contributed by atoms with van der Waals surface area (Å²) in [6.07, 6.45) is -3.73. The minimum Gasteiger partial charge on any atom is -0.530 e. The number of alkyl halides is 3. The lowest BCUT2D eigenvalue weighted by Crippen LogP contribution is -2.44. The van der Waals surface area contributed by atoms with Crippen LogP contribution in [0.4, 0.5) is 18.0 Å². The van der Waals surface area contributed by atoms with Crippen molar-refractivity contribution in [1.29, 1.82) is 0 Å². The van der Waals surface area contributed by atoms with Crippen molar-refractivity contribution in [3.63, 3.8) is 0 Å². The van der Waals surface area contributed by atoms with E-state index in [1.54, 1.807) is 18.2 Å². The average Bonchev–Trinajstić information content (AvgIpc) is 2.67. The third-order valence-corrected chi connectivity index (χ3v) is 5.33. The lowest BCUT2D eigenvalue weighted by molar-refractivity contribution is -0.265. The molecular formula is C19H15BrF3N2O3-. The highest BCUT2D eigenvalue weighted by atomic mass is 79.9. The first kappa shape index (κ1) is 20.2. The summed E-state index contributed by atoms with van der Waals surface area (Å²) in [5.74, 6) is 0.477. The number of hydrogen-bond acceptors (Lipinski definition) is 4. The summed E-state index contributed by atoms with van der Waals surface area (Å²) in [5, 5.41) is 10.9. The molecule has 1 aromatic carbocycles. The highest BCUT2D eigenvalue weighted by Crippen LogP contribution is 2.34. The second-order valence-electron chi connectivity index (χ2n) is 6.18. The Labute approximate surface area is 167 Å². The molecule has 0 saturated carbocycles. The van der Waals surface area contributed by atoms with Gasteiger partial charge in [0.15, 0.2) is 0 Å². The molecule has 2 aromatic rings. The number of carbonyl (C=O) groups is 1. The van der Waals surface area contributed by atoms with Crippen LogP contribution in [0.1, 0.15) is 24.0 Å². The lowest BCUT2D eigenvalue weighted by atomic mass is 10.0. The van der Waals surface area contributed by atoms with Gasteiger partial charge in [0.05, 0.1) is 5.56 Å². The molecule has 1 amide bonds. The fourth-order valence-electron chi connectivity index (χ4n) is 2.81. The van der Waals surface area contributed by atoms with Crippen molar-refractivity contribution < 1.29 is 27.8 Å². The van der Waals surface area contributed by atoms with E-state index in [0.29, 0.717) is 31.7 Å². The predicted molar refractivity (Wildman–Crippen MR) is 97.8 cm³/mol. The first-order valence-corrected chi connectivity index (χ1v) is 9.18. The normalized spacial score (nSPS) is 14.7. The molecule has 1 fully saturated rings. The molecule has 9 heteroatoms. The maximum absolute atomic E-state index is 12.6. The first-order valence-electron chi connectivity index (χ1n) is 8.39. The largest absolute Gasteiger partial charge is 0.530 e. The van der Waals surface area contributed by atoms with Gasteiger partial charge in [-0.2, -0.15) is 13.2 Å². The van der Waals surface area contributed by atoms with Gasteiger partial charge in [0, 0.05) is 29.8 Å². The van der Waals surface area contributed by atoms with Crippen LogP contribution in [-0.2, 0) is 6.18 Å². The second kappa shape index (κ2) is 8.22. The number of benzene rings is 1. The number of pyridine rings is 1. The van der Waals surface area contributed by atoms with Crippen LogP contribution in [0.2, 0.25) is 0 Å². The quantitative estimate of drug-likeness (QED) is 0.686. The third kappa shape index (κ3) is 4.83. The monoisotopic (exact) mass is 455 g/mol. The van der Waals surface area contributed by atoms with E-state index in [9.17, 15) is 23.1 Å². The fourth-order valence-corrected chi connectivity index (χ4v) is 3.45. The number of amides is 1. The average molecular weight is 456 g/mol. The van der Waals surface area contributed by atoms with Crippen molar-refractivity contribution >= 4 is 26.5 Å². The topological polar surface area (TPSA) is 65.5 Å². The van der Waals surface area contributed by atoms with Gasteiger partial charge in [0.1, 0.15) is 11.8 Å². The van der Waals surface area contributed by atoms with Gasteiger partial charge in [-0.1, -0.05) is 33.6 Å². The van der Waals surface area contributed by atoms with Gasteiger partial charge < -0.3 is 19.5 Å². The summed E-state index contributed by atoms with van der Waals surface area (Å²) in [7, 11) is 0. The van der Waals surface area contributed by atoms with Crippen molar-refractivity contribution in [2.45, 2.75) is 19.0 Å². The van der Waals surface area contributed by atoms with Crippen LogP contribution < -0.4 is 9.84 Å². The summed E-state index contributed by atoms with van der Waals surface area (Å²) in [6, 6.07) is 9.10. The minimum absolute atomic E-state index is 0.0520. The summed E-state index contributed by atoms with van der Waals surface area (Å²) < 4.78 is 44.2. The van der Waals surface area contributed by atoms with E-state index < -0.39 is 17.8 Å². The van der Waals surface area contributed by atoms with E-state index in [0.717, 1.165) is 27.9 Å². The molecule has 0 aliphatic carbocycles. The van der Waals surface area contributed by atoms with Gasteiger partial charge >= 0.3 is 6.18 Å². The SMILES string of the molecule is O=C([O-])N1CCC(=C(Br)c2cccc(Oc3ccc(C(F)(F)F)cn3)c2)CC1. The Bertz CT molecular complexity index is 888. The van der Waals surface area contributed by atoms with Crippen molar-refractivity contribution in [2.75, 3.05) is 13.1 Å². The molecule has 5 nitrogen and oxygen atoms in total. The van der Waals surface area contributed by atoms with Gasteiger partial charge in [-0.15, -0.1) is 0 Å². The number of nitrogens with zero attached hydrogens (tertiary/aromatic N) is 2. The molecule has 1 aliphatic heterocycles. The van der Waals surface area contributed by atoms with E-state index in [1.165, 1.54) is 11.0 Å². The van der Waals surface area contributed by atoms with Gasteiger partial charge in [0.2, 0.25) is 5.88 Å². The van der Waals surface area contributed by atoms with Crippen molar-refractivity contribution in [3.05, 3.63) is 59.3 Å². The van der Waals surface area contributed by atoms with Crippen LogP contribution in [-0.4, -0.2) is 29.1 Å². The molecular weight excluding hydrogens is 441 g/mol. The summed E-state index contributed by atoms with van der Waals surface area (Å²) in [6.45, 7) is 0.747. The van der Waals surface area contributed by atoms with E-state index in [2.05, 4.69) is 20.9 Å². The Kier molecular flexibility index (Phi) is 5.93. The van der Waals surface area contributed by atoms with Crippen molar-refractivity contribution in [2.24, 2.45) is 0 Å². The maximum atomic E-state index is 12.6. The Morgan fingerprint density at radius 1 is 1.18 bits per heavy atom. The molecule has 0 radical (unpaired) electrons. The molecule has 0 bridgehead atoms. The number of aromatic nitrogens is 1. The van der Waals surface area contributed by atoms with Crippen molar-refractivity contribution in [3.8, 4) is 11.6 Å². The molecule has 0 spiro atoms. The predicted octanol–water partition coefficient (Wildman–Crippen LogP) is 4.44. The van der Waals surface area contributed by atoms with Crippen LogP contribution in [0, 0.1) is 0 Å². The Morgan fingerprint density at radius 3 is 2.46 bits per heavy atom. The van der Waals surface area contributed by atoms with Crippen LogP contribution >= 0.6 is 15.9 Å². The number of carbonyl (C=O) groups excluding carboxylic acids is 1. The molecule has 1 aromatic heterocycles. The summed E-state index contributed by atoms with van der Waals surface area (Å²) in [4.78, 5) is 15.9. The molecule has 0 unspecified atom stereocenters. The van der Waals surface area contributed by atoms with E-state index in [1.807, 2.05) is 6.07 Å². The number of hydrogen-bond donors (Lipinski definition) is 0. The van der Waals surface area contributed by atoms with E-state index in [4.69, 9.17) is 4.74 Å². The van der Waals surface area contributed by atoms with Gasteiger partial charge in [0.25, 0.3) is 0 Å². The smallest absolute Gasteiger partial charge is 0.417 e. The molecule has 1 saturated heterocycles. The van der Waals surface area contributed by atoms with Gasteiger partial charge in [-0.25, -0.2) is 4.98 Å². The van der Waals surface area contributed by atoms with Gasteiger partial charge in [-0.3, -0.25) is 0 Å². The van der Waals surface area contributed by atoms with Crippen LogP contribution in [0.3, 0.4) is 0 Å². The molecule has 148 valence electrons. The molecule has 1 aliphatic rings. The molecule has 2 heterocycles. The zero-order chi connectivity index (χ0) is 20.3. The highest BCUT2D eigenvalue weighted by molar-refractivity contribution is 9.15. The van der Waals surface area contributed by atoms with Crippen LogP contribution in [0.5, 0.6) is 11.6 Å². The number of ether oxygens (including phenoxy) is 1. The maximum Gasteiger partial charge on any atom is 0.417 e. The fraction of sp³-hybridized carbons (Fsp3) is 0.263. The lowest BCUT2D eigenvalue weighted by Gasteiger charge is -2.31. The molecule has 0 atom stereocenters. The minimum atomic E-state index is -4.45.